The zero-order valence-corrected chi connectivity index (χ0v) is 8.98. The topological polar surface area (TPSA) is 83.6 Å². The predicted octanol–water partition coefficient (Wildman–Crippen LogP) is 0.0469. The van der Waals surface area contributed by atoms with Gasteiger partial charge in [0.2, 0.25) is 5.91 Å². The van der Waals surface area contributed by atoms with E-state index in [1.165, 1.54) is 6.92 Å². The maximum Gasteiger partial charge on any atom is 0.303 e. The van der Waals surface area contributed by atoms with E-state index in [0.29, 0.717) is 19.5 Å². The molecule has 0 saturated carbocycles. The van der Waals surface area contributed by atoms with Gasteiger partial charge >= 0.3 is 5.97 Å². The smallest absolute Gasteiger partial charge is 0.303 e. The first kappa shape index (κ1) is 12.0. The van der Waals surface area contributed by atoms with Crippen molar-refractivity contribution in [1.82, 2.24) is 4.90 Å². The van der Waals surface area contributed by atoms with Gasteiger partial charge in [-0.2, -0.15) is 0 Å². The fourth-order valence-electron chi connectivity index (χ4n) is 2.04. The lowest BCUT2D eigenvalue weighted by atomic mass is 9.91. The molecule has 1 aliphatic rings. The van der Waals surface area contributed by atoms with Gasteiger partial charge in [-0.3, -0.25) is 9.59 Å². The highest BCUT2D eigenvalue weighted by atomic mass is 16.4. The molecule has 0 aromatic rings. The summed E-state index contributed by atoms with van der Waals surface area (Å²) in [5, 5.41) is 8.57. The van der Waals surface area contributed by atoms with Crippen molar-refractivity contribution in [3.05, 3.63) is 0 Å². The second-order valence-corrected chi connectivity index (χ2v) is 4.22. The van der Waals surface area contributed by atoms with Crippen LogP contribution in [0.25, 0.3) is 0 Å². The SMILES string of the molecule is CC(=O)N1CC(N)CC(CCC(=O)O)C1. The summed E-state index contributed by atoms with van der Waals surface area (Å²) in [5.41, 5.74) is 5.82. The molecule has 1 amide bonds. The van der Waals surface area contributed by atoms with Gasteiger partial charge in [0.25, 0.3) is 0 Å². The Kier molecular flexibility index (Phi) is 4.08. The molecule has 1 heterocycles. The fourth-order valence-corrected chi connectivity index (χ4v) is 2.04. The Balaban J connectivity index is 2.44. The van der Waals surface area contributed by atoms with Gasteiger partial charge in [-0.25, -0.2) is 0 Å². The van der Waals surface area contributed by atoms with Gasteiger partial charge in [0.15, 0.2) is 0 Å². The van der Waals surface area contributed by atoms with Crippen LogP contribution in [0.2, 0.25) is 0 Å². The second-order valence-electron chi connectivity index (χ2n) is 4.22. The Labute approximate surface area is 89.2 Å². The zero-order valence-electron chi connectivity index (χ0n) is 8.98. The number of hydrogen-bond acceptors (Lipinski definition) is 3. The Morgan fingerprint density at radius 3 is 2.67 bits per heavy atom. The monoisotopic (exact) mass is 214 g/mol. The first-order chi connectivity index (χ1) is 6.99. The number of carboxylic acid groups (broad SMARTS) is 1. The molecule has 1 saturated heterocycles. The van der Waals surface area contributed by atoms with Crippen molar-refractivity contribution in [2.24, 2.45) is 11.7 Å². The lowest BCUT2D eigenvalue weighted by Crippen LogP contribution is -2.48. The molecular formula is C10H18N2O3. The molecule has 0 radical (unpaired) electrons. The van der Waals surface area contributed by atoms with Crippen LogP contribution in [0.15, 0.2) is 0 Å². The summed E-state index contributed by atoms with van der Waals surface area (Å²) in [7, 11) is 0. The fraction of sp³-hybridized carbons (Fsp3) is 0.800. The van der Waals surface area contributed by atoms with Gasteiger partial charge in [0.1, 0.15) is 0 Å². The molecule has 86 valence electrons. The molecule has 1 rings (SSSR count). The number of carbonyl (C=O) groups excluding carboxylic acids is 1. The largest absolute Gasteiger partial charge is 0.481 e. The summed E-state index contributed by atoms with van der Waals surface area (Å²) < 4.78 is 0. The highest BCUT2D eigenvalue weighted by Crippen LogP contribution is 2.20. The van der Waals surface area contributed by atoms with E-state index in [1.54, 1.807) is 4.90 Å². The average molecular weight is 214 g/mol. The van der Waals surface area contributed by atoms with E-state index in [0.717, 1.165) is 6.42 Å². The van der Waals surface area contributed by atoms with E-state index in [4.69, 9.17) is 10.8 Å². The van der Waals surface area contributed by atoms with Gasteiger partial charge in [-0.1, -0.05) is 0 Å². The summed E-state index contributed by atoms with van der Waals surface area (Å²) in [6.07, 6.45) is 1.58. The minimum atomic E-state index is -0.788. The van der Waals surface area contributed by atoms with E-state index in [1.807, 2.05) is 0 Å². The van der Waals surface area contributed by atoms with E-state index in [2.05, 4.69) is 0 Å². The number of rotatable bonds is 3. The van der Waals surface area contributed by atoms with Crippen LogP contribution in [0.4, 0.5) is 0 Å². The molecule has 0 spiro atoms. The van der Waals surface area contributed by atoms with Crippen LogP contribution in [-0.2, 0) is 9.59 Å². The Bertz CT molecular complexity index is 255. The van der Waals surface area contributed by atoms with Gasteiger partial charge in [0.05, 0.1) is 0 Å². The first-order valence-electron chi connectivity index (χ1n) is 5.22. The number of amides is 1. The number of nitrogens with zero attached hydrogens (tertiary/aromatic N) is 1. The Hall–Kier alpha value is -1.10. The van der Waals surface area contributed by atoms with E-state index < -0.39 is 5.97 Å². The standard InChI is InChI=1S/C10H18N2O3/c1-7(13)12-5-8(2-3-10(14)15)4-9(11)6-12/h8-9H,2-6,11H2,1H3,(H,14,15). The van der Waals surface area contributed by atoms with Gasteiger partial charge in [-0.05, 0) is 18.8 Å². The molecule has 0 bridgehead atoms. The van der Waals surface area contributed by atoms with Crippen molar-refractivity contribution in [3.63, 3.8) is 0 Å². The van der Waals surface area contributed by atoms with Crippen molar-refractivity contribution in [3.8, 4) is 0 Å². The molecule has 2 atom stereocenters. The van der Waals surface area contributed by atoms with Crippen molar-refractivity contribution >= 4 is 11.9 Å². The van der Waals surface area contributed by atoms with Gasteiger partial charge < -0.3 is 15.7 Å². The van der Waals surface area contributed by atoms with Crippen molar-refractivity contribution in [2.75, 3.05) is 13.1 Å². The molecule has 1 aliphatic heterocycles. The number of piperidine rings is 1. The molecule has 0 aliphatic carbocycles. The lowest BCUT2D eigenvalue weighted by Gasteiger charge is -2.35. The number of likely N-dealkylation sites (tertiary alicyclic amines) is 1. The summed E-state index contributed by atoms with van der Waals surface area (Å²) in [4.78, 5) is 23.3. The van der Waals surface area contributed by atoms with Crippen LogP contribution >= 0.6 is 0 Å². The quantitative estimate of drug-likeness (QED) is 0.695. The minimum Gasteiger partial charge on any atom is -0.481 e. The summed E-state index contributed by atoms with van der Waals surface area (Å²) >= 11 is 0. The van der Waals surface area contributed by atoms with E-state index >= 15 is 0 Å². The summed E-state index contributed by atoms with van der Waals surface area (Å²) in [6, 6.07) is -0.0126. The molecule has 1 fully saturated rings. The Morgan fingerprint density at radius 1 is 1.47 bits per heavy atom. The van der Waals surface area contributed by atoms with Gasteiger partial charge in [-0.15, -0.1) is 0 Å². The van der Waals surface area contributed by atoms with Crippen LogP contribution < -0.4 is 5.73 Å². The average Bonchev–Trinajstić information content (AvgIpc) is 2.13. The molecule has 3 N–H and O–H groups in total. The van der Waals surface area contributed by atoms with Crippen LogP contribution in [0.3, 0.4) is 0 Å². The molecule has 5 nitrogen and oxygen atoms in total. The highest BCUT2D eigenvalue weighted by Gasteiger charge is 2.26. The first-order valence-corrected chi connectivity index (χ1v) is 5.22. The van der Waals surface area contributed by atoms with Crippen molar-refractivity contribution < 1.29 is 14.7 Å². The normalized spacial score (nSPS) is 26.4. The summed E-state index contributed by atoms with van der Waals surface area (Å²) in [6.45, 7) is 2.77. The molecule has 5 heteroatoms. The van der Waals surface area contributed by atoms with E-state index in [-0.39, 0.29) is 24.3 Å². The van der Waals surface area contributed by atoms with Gasteiger partial charge in [0, 0.05) is 32.5 Å². The van der Waals surface area contributed by atoms with Crippen LogP contribution in [0.1, 0.15) is 26.2 Å². The maximum atomic E-state index is 11.2. The molecular weight excluding hydrogens is 196 g/mol. The number of aliphatic carboxylic acids is 1. The second kappa shape index (κ2) is 5.11. The summed E-state index contributed by atoms with van der Waals surface area (Å²) in [5.74, 6) is -0.539. The highest BCUT2D eigenvalue weighted by molar-refractivity contribution is 5.73. The van der Waals surface area contributed by atoms with Crippen LogP contribution in [-0.4, -0.2) is 41.0 Å². The molecule has 0 aromatic heterocycles. The number of nitrogens with two attached hydrogens (primary N) is 1. The van der Waals surface area contributed by atoms with Crippen LogP contribution in [0, 0.1) is 5.92 Å². The third kappa shape index (κ3) is 3.87. The van der Waals surface area contributed by atoms with Crippen LogP contribution in [0.5, 0.6) is 0 Å². The van der Waals surface area contributed by atoms with Crippen molar-refractivity contribution in [2.45, 2.75) is 32.2 Å². The predicted molar refractivity (Wildman–Crippen MR) is 55.2 cm³/mol. The third-order valence-electron chi connectivity index (χ3n) is 2.78. The van der Waals surface area contributed by atoms with E-state index in [9.17, 15) is 9.59 Å². The third-order valence-corrected chi connectivity index (χ3v) is 2.78. The molecule has 0 aromatic carbocycles. The lowest BCUT2D eigenvalue weighted by molar-refractivity contribution is -0.137. The molecule has 15 heavy (non-hydrogen) atoms. The van der Waals surface area contributed by atoms with Crippen molar-refractivity contribution in [1.29, 1.82) is 0 Å². The maximum absolute atomic E-state index is 11.2. The number of hydrogen-bond donors (Lipinski definition) is 2. The Morgan fingerprint density at radius 2 is 2.13 bits per heavy atom. The minimum absolute atomic E-state index is 0.0126. The number of carbonyl (C=O) groups is 2. The number of carboxylic acids is 1. The zero-order chi connectivity index (χ0) is 11.4. The molecule has 2 unspecified atom stereocenters.